The molecule has 3 rings (SSSR count). The molecule has 2 aliphatic carbocycles. The molecule has 1 amide bonds. The fourth-order valence-corrected chi connectivity index (χ4v) is 3.65. The largest absolute Gasteiger partial charge is 0.497 e. The van der Waals surface area contributed by atoms with E-state index in [4.69, 9.17) is 4.74 Å². The highest BCUT2D eigenvalue weighted by atomic mass is 16.5. The highest BCUT2D eigenvalue weighted by molar-refractivity contribution is 5.77. The van der Waals surface area contributed by atoms with E-state index in [1.165, 1.54) is 44.1 Å². The van der Waals surface area contributed by atoms with E-state index in [0.29, 0.717) is 24.2 Å². The summed E-state index contributed by atoms with van der Waals surface area (Å²) in [6.45, 7) is 0.874. The zero-order valence-electron chi connectivity index (χ0n) is 13.5. The van der Waals surface area contributed by atoms with Crippen LogP contribution in [0.3, 0.4) is 0 Å². The predicted octanol–water partition coefficient (Wildman–Crippen LogP) is 3.89. The van der Waals surface area contributed by atoms with Crippen molar-refractivity contribution >= 4 is 5.91 Å². The molecular formula is C19H27NO2. The maximum Gasteiger partial charge on any atom is 0.220 e. The summed E-state index contributed by atoms with van der Waals surface area (Å²) in [5.74, 6) is 2.87. The van der Waals surface area contributed by atoms with Crippen LogP contribution in [0.5, 0.6) is 5.75 Å². The van der Waals surface area contributed by atoms with Crippen LogP contribution >= 0.6 is 0 Å². The lowest BCUT2D eigenvalue weighted by Gasteiger charge is -2.18. The van der Waals surface area contributed by atoms with Gasteiger partial charge in [0.25, 0.3) is 0 Å². The van der Waals surface area contributed by atoms with Gasteiger partial charge in [0, 0.05) is 13.0 Å². The quantitative estimate of drug-likeness (QED) is 0.830. The zero-order chi connectivity index (χ0) is 15.4. The summed E-state index contributed by atoms with van der Waals surface area (Å²) in [5.41, 5.74) is 1.28. The standard InChI is InChI=1S/C19H27NO2/c1-22-17-10-8-16(9-11-17)18(15-6-7-15)12-19(21)20-13-14-4-2-3-5-14/h8-11,14-15,18H,2-7,12-13H2,1H3,(H,20,21). The van der Waals surface area contributed by atoms with Crippen LogP contribution in [-0.4, -0.2) is 19.6 Å². The predicted molar refractivity (Wildman–Crippen MR) is 88.0 cm³/mol. The lowest BCUT2D eigenvalue weighted by molar-refractivity contribution is -0.121. The van der Waals surface area contributed by atoms with Crippen LogP contribution in [0.2, 0.25) is 0 Å². The van der Waals surface area contributed by atoms with Crippen LogP contribution in [0.15, 0.2) is 24.3 Å². The second kappa shape index (κ2) is 7.17. The molecule has 1 aromatic carbocycles. The Morgan fingerprint density at radius 2 is 1.86 bits per heavy atom. The van der Waals surface area contributed by atoms with Crippen molar-refractivity contribution in [3.8, 4) is 5.75 Å². The van der Waals surface area contributed by atoms with Crippen molar-refractivity contribution in [1.29, 1.82) is 0 Å². The Labute approximate surface area is 133 Å². The molecule has 0 saturated heterocycles. The van der Waals surface area contributed by atoms with Crippen molar-refractivity contribution in [1.82, 2.24) is 5.32 Å². The maximum atomic E-state index is 12.3. The minimum Gasteiger partial charge on any atom is -0.497 e. The SMILES string of the molecule is COc1ccc(C(CC(=O)NCC2CCCC2)C2CC2)cc1. The van der Waals surface area contributed by atoms with E-state index in [2.05, 4.69) is 17.4 Å². The topological polar surface area (TPSA) is 38.3 Å². The van der Waals surface area contributed by atoms with Crippen LogP contribution in [0.4, 0.5) is 0 Å². The number of rotatable bonds is 7. The van der Waals surface area contributed by atoms with Crippen LogP contribution in [0.1, 0.15) is 56.4 Å². The average Bonchev–Trinajstić information content (AvgIpc) is 3.26. The Morgan fingerprint density at radius 1 is 1.18 bits per heavy atom. The molecule has 0 radical (unpaired) electrons. The minimum atomic E-state index is 0.222. The number of hydrogen-bond acceptors (Lipinski definition) is 2. The number of carbonyl (C=O) groups is 1. The smallest absolute Gasteiger partial charge is 0.220 e. The Kier molecular flexibility index (Phi) is 5.01. The van der Waals surface area contributed by atoms with Crippen LogP contribution < -0.4 is 10.1 Å². The molecule has 1 aromatic rings. The Morgan fingerprint density at radius 3 is 2.45 bits per heavy atom. The molecule has 0 aliphatic heterocycles. The van der Waals surface area contributed by atoms with E-state index in [9.17, 15) is 4.79 Å². The first-order chi connectivity index (χ1) is 10.8. The molecule has 0 heterocycles. The molecular weight excluding hydrogens is 274 g/mol. The normalized spacial score (nSPS) is 19.9. The van der Waals surface area contributed by atoms with Gasteiger partial charge in [-0.1, -0.05) is 25.0 Å². The summed E-state index contributed by atoms with van der Waals surface area (Å²) in [7, 11) is 1.68. The van der Waals surface area contributed by atoms with Crippen molar-refractivity contribution in [3.63, 3.8) is 0 Å². The van der Waals surface area contributed by atoms with Gasteiger partial charge in [-0.15, -0.1) is 0 Å². The Balaban J connectivity index is 1.55. The third kappa shape index (κ3) is 4.02. The molecule has 0 aromatic heterocycles. The average molecular weight is 301 g/mol. The van der Waals surface area contributed by atoms with Crippen molar-refractivity contribution in [2.24, 2.45) is 11.8 Å². The molecule has 2 saturated carbocycles. The van der Waals surface area contributed by atoms with Gasteiger partial charge in [-0.25, -0.2) is 0 Å². The van der Waals surface area contributed by atoms with Crippen molar-refractivity contribution in [2.45, 2.75) is 50.9 Å². The number of carbonyl (C=O) groups excluding carboxylic acids is 1. The van der Waals surface area contributed by atoms with Gasteiger partial charge in [0.2, 0.25) is 5.91 Å². The molecule has 0 bridgehead atoms. The summed E-state index contributed by atoms with van der Waals surface area (Å²) in [5, 5.41) is 3.17. The third-order valence-corrected chi connectivity index (χ3v) is 5.20. The number of hydrogen-bond donors (Lipinski definition) is 1. The molecule has 3 heteroatoms. The number of amides is 1. The van der Waals surface area contributed by atoms with E-state index < -0.39 is 0 Å². The van der Waals surface area contributed by atoms with Crippen LogP contribution in [0, 0.1) is 11.8 Å². The molecule has 1 atom stereocenters. The van der Waals surface area contributed by atoms with Crippen molar-refractivity contribution < 1.29 is 9.53 Å². The van der Waals surface area contributed by atoms with Gasteiger partial charge in [0.15, 0.2) is 0 Å². The Bertz CT molecular complexity index is 487. The van der Waals surface area contributed by atoms with Crippen LogP contribution in [-0.2, 0) is 4.79 Å². The first-order valence-electron chi connectivity index (χ1n) is 8.67. The van der Waals surface area contributed by atoms with Crippen molar-refractivity contribution in [2.75, 3.05) is 13.7 Å². The summed E-state index contributed by atoms with van der Waals surface area (Å²) in [6.07, 6.45) is 8.37. The van der Waals surface area contributed by atoms with Gasteiger partial charge in [0.05, 0.1) is 7.11 Å². The molecule has 0 spiro atoms. The maximum absolute atomic E-state index is 12.3. The lowest BCUT2D eigenvalue weighted by Crippen LogP contribution is -2.29. The number of ether oxygens (including phenoxy) is 1. The fourth-order valence-electron chi connectivity index (χ4n) is 3.65. The van der Waals surface area contributed by atoms with Gasteiger partial charge in [-0.3, -0.25) is 4.79 Å². The highest BCUT2D eigenvalue weighted by Gasteiger charge is 2.33. The van der Waals surface area contributed by atoms with Gasteiger partial charge in [-0.2, -0.15) is 0 Å². The number of benzene rings is 1. The van der Waals surface area contributed by atoms with E-state index in [1.54, 1.807) is 7.11 Å². The number of nitrogens with one attached hydrogen (secondary N) is 1. The first-order valence-corrected chi connectivity index (χ1v) is 8.67. The molecule has 2 fully saturated rings. The van der Waals surface area contributed by atoms with Crippen molar-refractivity contribution in [3.05, 3.63) is 29.8 Å². The van der Waals surface area contributed by atoms with Crippen LogP contribution in [0.25, 0.3) is 0 Å². The summed E-state index contributed by atoms with van der Waals surface area (Å²) in [4.78, 5) is 12.3. The van der Waals surface area contributed by atoms with Gasteiger partial charge in [0.1, 0.15) is 5.75 Å². The highest BCUT2D eigenvalue weighted by Crippen LogP contribution is 2.44. The summed E-state index contributed by atoms with van der Waals surface area (Å²) >= 11 is 0. The van der Waals surface area contributed by atoms with E-state index in [0.717, 1.165) is 12.3 Å². The molecule has 2 aliphatic rings. The zero-order valence-corrected chi connectivity index (χ0v) is 13.5. The van der Waals surface area contributed by atoms with Gasteiger partial charge >= 0.3 is 0 Å². The third-order valence-electron chi connectivity index (χ3n) is 5.20. The molecule has 120 valence electrons. The monoisotopic (exact) mass is 301 g/mol. The number of methoxy groups -OCH3 is 1. The molecule has 3 nitrogen and oxygen atoms in total. The lowest BCUT2D eigenvalue weighted by atomic mass is 9.90. The van der Waals surface area contributed by atoms with E-state index >= 15 is 0 Å². The van der Waals surface area contributed by atoms with Gasteiger partial charge in [-0.05, 0) is 61.1 Å². The summed E-state index contributed by atoms with van der Waals surface area (Å²) in [6, 6.07) is 8.24. The second-order valence-corrected chi connectivity index (χ2v) is 6.88. The minimum absolute atomic E-state index is 0.222. The molecule has 1 unspecified atom stereocenters. The molecule has 1 N–H and O–H groups in total. The molecule has 22 heavy (non-hydrogen) atoms. The van der Waals surface area contributed by atoms with E-state index in [1.807, 2.05) is 12.1 Å². The summed E-state index contributed by atoms with van der Waals surface area (Å²) < 4.78 is 5.22. The Hall–Kier alpha value is -1.51. The fraction of sp³-hybridized carbons (Fsp3) is 0.632. The van der Waals surface area contributed by atoms with E-state index in [-0.39, 0.29) is 5.91 Å². The van der Waals surface area contributed by atoms with Gasteiger partial charge < -0.3 is 10.1 Å². The first kappa shape index (κ1) is 15.4. The second-order valence-electron chi connectivity index (χ2n) is 6.88.